The molecule has 2 N–H and O–H groups in total. The van der Waals surface area contributed by atoms with E-state index in [4.69, 9.17) is 0 Å². The molecule has 92 valence electrons. The zero-order chi connectivity index (χ0) is 12.3. The Morgan fingerprint density at radius 3 is 2.82 bits per heavy atom. The van der Waals surface area contributed by atoms with Gasteiger partial charge in [-0.1, -0.05) is 28.1 Å². The predicted octanol–water partition coefficient (Wildman–Crippen LogP) is 2.23. The molecule has 1 amide bonds. The maximum Gasteiger partial charge on any atom is 0.224 e. The Morgan fingerprint density at radius 1 is 1.47 bits per heavy atom. The van der Waals surface area contributed by atoms with Crippen molar-refractivity contribution in [2.45, 2.75) is 19.3 Å². The monoisotopic (exact) mass is 297 g/mol. The Kier molecular flexibility index (Phi) is 3.72. The molecule has 3 nitrogen and oxygen atoms in total. The summed E-state index contributed by atoms with van der Waals surface area (Å²) in [6, 6.07) is 6.82. The van der Waals surface area contributed by atoms with E-state index < -0.39 is 0 Å². The number of rotatable bonds is 5. The summed E-state index contributed by atoms with van der Waals surface area (Å²) in [6.45, 7) is 0.746. The summed E-state index contributed by atoms with van der Waals surface area (Å²) in [4.78, 5) is 11.7. The van der Waals surface area contributed by atoms with Crippen molar-refractivity contribution in [3.05, 3.63) is 29.8 Å². The second kappa shape index (κ2) is 5.08. The van der Waals surface area contributed by atoms with E-state index in [2.05, 4.69) is 21.2 Å². The van der Waals surface area contributed by atoms with E-state index in [9.17, 15) is 9.90 Å². The number of benzene rings is 1. The van der Waals surface area contributed by atoms with E-state index in [1.54, 1.807) is 18.2 Å². The molecule has 1 aliphatic carbocycles. The Labute approximate surface area is 109 Å². The van der Waals surface area contributed by atoms with E-state index in [-0.39, 0.29) is 11.7 Å². The van der Waals surface area contributed by atoms with Crippen LogP contribution in [0.25, 0.3) is 0 Å². The van der Waals surface area contributed by atoms with Gasteiger partial charge in [-0.2, -0.15) is 0 Å². The largest absolute Gasteiger partial charge is 0.508 e. The molecule has 1 aromatic carbocycles. The highest BCUT2D eigenvalue weighted by atomic mass is 79.9. The Hall–Kier alpha value is -1.03. The van der Waals surface area contributed by atoms with Crippen LogP contribution >= 0.6 is 15.9 Å². The zero-order valence-electron chi connectivity index (χ0n) is 9.58. The molecule has 0 bridgehead atoms. The summed E-state index contributed by atoms with van der Waals surface area (Å²) in [5, 5.41) is 13.2. The van der Waals surface area contributed by atoms with Crippen LogP contribution in [0.15, 0.2) is 24.3 Å². The number of carbonyl (C=O) groups excluding carboxylic acids is 1. The first kappa shape index (κ1) is 12.4. The third-order valence-corrected chi connectivity index (χ3v) is 4.37. The molecule has 2 rings (SSSR count). The van der Waals surface area contributed by atoms with Crippen LogP contribution in [0.2, 0.25) is 0 Å². The van der Waals surface area contributed by atoms with Crippen LogP contribution in [-0.4, -0.2) is 22.9 Å². The summed E-state index contributed by atoms with van der Waals surface area (Å²) < 4.78 is 0. The molecule has 0 aliphatic heterocycles. The molecule has 17 heavy (non-hydrogen) atoms. The van der Waals surface area contributed by atoms with Gasteiger partial charge in [-0.15, -0.1) is 0 Å². The lowest BCUT2D eigenvalue weighted by Gasteiger charge is -2.12. The van der Waals surface area contributed by atoms with E-state index in [1.165, 1.54) is 12.8 Å². The highest BCUT2D eigenvalue weighted by Gasteiger charge is 2.41. The average molecular weight is 298 g/mol. The molecule has 1 fully saturated rings. The summed E-state index contributed by atoms with van der Waals surface area (Å²) in [7, 11) is 0. The Balaban J connectivity index is 1.81. The molecule has 1 aliphatic rings. The molecular weight excluding hydrogens is 282 g/mol. The number of phenolic OH excluding ortho intramolecular Hbond substituents is 1. The standard InChI is InChI=1S/C13H16BrNO2/c14-8-13(4-5-13)9-15-12(17)7-10-2-1-3-11(16)6-10/h1-3,6,16H,4-5,7-9H2,(H,15,17). The summed E-state index contributed by atoms with van der Waals surface area (Å²) in [5.74, 6) is 0.220. The van der Waals surface area contributed by atoms with Crippen molar-refractivity contribution < 1.29 is 9.90 Å². The molecule has 0 heterocycles. The summed E-state index contributed by atoms with van der Waals surface area (Å²) in [6.07, 6.45) is 2.70. The minimum atomic E-state index is 0.0165. The quantitative estimate of drug-likeness (QED) is 0.819. The number of hydrogen-bond acceptors (Lipinski definition) is 2. The van der Waals surface area contributed by atoms with Crippen molar-refractivity contribution in [1.82, 2.24) is 5.32 Å². The SMILES string of the molecule is O=C(Cc1cccc(O)c1)NCC1(CBr)CC1. The predicted molar refractivity (Wildman–Crippen MR) is 70.3 cm³/mol. The van der Waals surface area contributed by atoms with Gasteiger partial charge in [0.15, 0.2) is 0 Å². The van der Waals surface area contributed by atoms with Crippen LogP contribution in [0.5, 0.6) is 5.75 Å². The molecule has 1 saturated carbocycles. The summed E-state index contributed by atoms with van der Waals surface area (Å²) >= 11 is 3.48. The van der Waals surface area contributed by atoms with Gasteiger partial charge in [-0.3, -0.25) is 4.79 Å². The van der Waals surface area contributed by atoms with Crippen LogP contribution in [0, 0.1) is 5.41 Å². The fourth-order valence-corrected chi connectivity index (χ4v) is 2.49. The van der Waals surface area contributed by atoms with Crippen molar-refractivity contribution in [1.29, 1.82) is 0 Å². The molecule has 0 saturated heterocycles. The average Bonchev–Trinajstić information content (AvgIpc) is 3.07. The Bertz CT molecular complexity index is 416. The van der Waals surface area contributed by atoms with Gasteiger partial charge in [0.1, 0.15) is 5.75 Å². The minimum Gasteiger partial charge on any atom is -0.508 e. The Morgan fingerprint density at radius 2 is 2.24 bits per heavy atom. The third-order valence-electron chi connectivity index (χ3n) is 3.18. The molecular formula is C13H16BrNO2. The summed E-state index contributed by atoms with van der Waals surface area (Å²) in [5.41, 5.74) is 1.14. The van der Waals surface area contributed by atoms with E-state index >= 15 is 0 Å². The molecule has 0 radical (unpaired) electrons. The van der Waals surface area contributed by atoms with Gasteiger partial charge in [0, 0.05) is 11.9 Å². The van der Waals surface area contributed by atoms with Gasteiger partial charge < -0.3 is 10.4 Å². The molecule has 1 aromatic rings. The number of phenols is 1. The fourth-order valence-electron chi connectivity index (χ4n) is 1.73. The van der Waals surface area contributed by atoms with Gasteiger partial charge in [0.05, 0.1) is 6.42 Å². The maximum atomic E-state index is 11.7. The van der Waals surface area contributed by atoms with E-state index in [1.807, 2.05) is 6.07 Å². The van der Waals surface area contributed by atoms with Crippen LogP contribution in [0.3, 0.4) is 0 Å². The van der Waals surface area contributed by atoms with E-state index in [0.717, 1.165) is 17.4 Å². The smallest absolute Gasteiger partial charge is 0.224 e. The van der Waals surface area contributed by atoms with Crippen LogP contribution in [0.1, 0.15) is 18.4 Å². The number of alkyl halides is 1. The van der Waals surface area contributed by atoms with Crippen molar-refractivity contribution in [3.63, 3.8) is 0 Å². The molecule has 0 aromatic heterocycles. The fraction of sp³-hybridized carbons (Fsp3) is 0.462. The van der Waals surface area contributed by atoms with Crippen LogP contribution in [-0.2, 0) is 11.2 Å². The number of halogens is 1. The van der Waals surface area contributed by atoms with Crippen LogP contribution in [0.4, 0.5) is 0 Å². The zero-order valence-corrected chi connectivity index (χ0v) is 11.2. The first-order valence-electron chi connectivity index (χ1n) is 5.74. The molecule has 0 unspecified atom stereocenters. The van der Waals surface area contributed by atoms with Gasteiger partial charge in [0.25, 0.3) is 0 Å². The lowest BCUT2D eigenvalue weighted by molar-refractivity contribution is -0.120. The lowest BCUT2D eigenvalue weighted by atomic mass is 10.1. The number of amides is 1. The highest BCUT2D eigenvalue weighted by molar-refractivity contribution is 9.09. The topological polar surface area (TPSA) is 49.3 Å². The number of carbonyl (C=O) groups is 1. The van der Waals surface area contributed by atoms with Crippen molar-refractivity contribution in [2.24, 2.45) is 5.41 Å². The van der Waals surface area contributed by atoms with Gasteiger partial charge in [-0.05, 0) is 36.0 Å². The third kappa shape index (κ3) is 3.46. The first-order valence-corrected chi connectivity index (χ1v) is 6.86. The molecule has 0 atom stereocenters. The number of aromatic hydroxyl groups is 1. The van der Waals surface area contributed by atoms with E-state index in [0.29, 0.717) is 11.8 Å². The normalized spacial score (nSPS) is 16.5. The van der Waals surface area contributed by atoms with Gasteiger partial charge in [0.2, 0.25) is 5.91 Å². The van der Waals surface area contributed by atoms with Crippen LogP contribution < -0.4 is 5.32 Å². The van der Waals surface area contributed by atoms with Crippen molar-refractivity contribution in [3.8, 4) is 5.75 Å². The van der Waals surface area contributed by atoms with Gasteiger partial charge in [-0.25, -0.2) is 0 Å². The second-order valence-electron chi connectivity index (χ2n) is 4.76. The molecule has 0 spiro atoms. The minimum absolute atomic E-state index is 0.0165. The number of hydrogen-bond donors (Lipinski definition) is 2. The second-order valence-corrected chi connectivity index (χ2v) is 5.32. The van der Waals surface area contributed by atoms with Gasteiger partial charge >= 0.3 is 0 Å². The number of nitrogens with one attached hydrogen (secondary N) is 1. The van der Waals surface area contributed by atoms with Crippen molar-refractivity contribution >= 4 is 21.8 Å². The lowest BCUT2D eigenvalue weighted by Crippen LogP contribution is -2.32. The molecule has 4 heteroatoms. The first-order chi connectivity index (χ1) is 8.13. The maximum absolute atomic E-state index is 11.7. The highest BCUT2D eigenvalue weighted by Crippen LogP contribution is 2.46. The van der Waals surface area contributed by atoms with Crippen molar-refractivity contribution in [2.75, 3.05) is 11.9 Å².